The zero-order valence-corrected chi connectivity index (χ0v) is 16.9. The van der Waals surface area contributed by atoms with Gasteiger partial charge in [-0.3, -0.25) is 10.1 Å². The van der Waals surface area contributed by atoms with Crippen molar-refractivity contribution < 1.29 is 9.53 Å². The number of aryl methyl sites for hydroxylation is 3. The summed E-state index contributed by atoms with van der Waals surface area (Å²) in [6.45, 7) is 8.53. The lowest BCUT2D eigenvalue weighted by molar-refractivity contribution is 0.103. The Kier molecular flexibility index (Phi) is 5.68. The fraction of sp³-hybridized carbons (Fsp3) is 0.316. The molecule has 0 aliphatic carbocycles. The van der Waals surface area contributed by atoms with Crippen LogP contribution in [0.1, 0.15) is 39.8 Å². The zero-order chi connectivity index (χ0) is 18.7. The number of amides is 1. The first-order chi connectivity index (χ1) is 12.5. The second-order valence-electron chi connectivity index (χ2n) is 5.72. The minimum absolute atomic E-state index is 0.159. The molecule has 0 atom stereocenters. The van der Waals surface area contributed by atoms with E-state index in [0.717, 1.165) is 39.0 Å². The molecule has 3 aromatic rings. The molecular weight excluding hydrogens is 366 g/mol. The van der Waals surface area contributed by atoms with Crippen molar-refractivity contribution in [3.8, 4) is 16.3 Å². The van der Waals surface area contributed by atoms with E-state index in [-0.39, 0.29) is 5.91 Å². The molecule has 0 spiro atoms. The van der Waals surface area contributed by atoms with Crippen LogP contribution in [0.3, 0.4) is 0 Å². The van der Waals surface area contributed by atoms with Gasteiger partial charge < -0.3 is 4.74 Å². The minimum Gasteiger partial charge on any atom is -0.494 e. The minimum atomic E-state index is -0.159. The highest BCUT2D eigenvalue weighted by atomic mass is 32.1. The standard InChI is InChI=1S/C19H21N3O2S2/c1-5-15-12(4)25-19(21-15)22-17(23)16-11(3)20-18(26-16)13-7-9-14(10-8-13)24-6-2/h7-10H,5-6H2,1-4H3,(H,21,22,23). The molecule has 1 aromatic carbocycles. The molecule has 0 radical (unpaired) electrons. The van der Waals surface area contributed by atoms with Crippen LogP contribution in [0.15, 0.2) is 24.3 Å². The average Bonchev–Trinajstić information content (AvgIpc) is 3.18. The Morgan fingerprint density at radius 3 is 2.46 bits per heavy atom. The predicted octanol–water partition coefficient (Wildman–Crippen LogP) is 5.10. The summed E-state index contributed by atoms with van der Waals surface area (Å²) in [4.78, 5) is 23.4. The highest BCUT2D eigenvalue weighted by Crippen LogP contribution is 2.30. The van der Waals surface area contributed by atoms with E-state index in [1.807, 2.05) is 45.0 Å². The molecule has 2 aromatic heterocycles. The third-order valence-electron chi connectivity index (χ3n) is 3.86. The lowest BCUT2D eigenvalue weighted by Crippen LogP contribution is -2.11. The van der Waals surface area contributed by atoms with Crippen molar-refractivity contribution in [1.29, 1.82) is 0 Å². The lowest BCUT2D eigenvalue weighted by Gasteiger charge is -2.02. The number of aromatic nitrogens is 2. The normalized spacial score (nSPS) is 10.8. The Hall–Kier alpha value is -2.25. The van der Waals surface area contributed by atoms with E-state index in [1.54, 1.807) is 0 Å². The molecule has 26 heavy (non-hydrogen) atoms. The molecule has 7 heteroatoms. The van der Waals surface area contributed by atoms with Crippen molar-refractivity contribution in [2.45, 2.75) is 34.1 Å². The summed E-state index contributed by atoms with van der Waals surface area (Å²) >= 11 is 2.89. The highest BCUT2D eigenvalue weighted by Gasteiger charge is 2.18. The van der Waals surface area contributed by atoms with Crippen LogP contribution in [0.5, 0.6) is 5.75 Å². The maximum Gasteiger partial charge on any atom is 0.269 e. The van der Waals surface area contributed by atoms with E-state index >= 15 is 0 Å². The number of nitrogens with zero attached hydrogens (tertiary/aromatic N) is 2. The van der Waals surface area contributed by atoms with E-state index < -0.39 is 0 Å². The third kappa shape index (κ3) is 3.94. The Morgan fingerprint density at radius 2 is 1.85 bits per heavy atom. The maximum atomic E-state index is 12.6. The Morgan fingerprint density at radius 1 is 1.12 bits per heavy atom. The third-order valence-corrected chi connectivity index (χ3v) is 6.00. The topological polar surface area (TPSA) is 64.1 Å². The first-order valence-corrected chi connectivity index (χ1v) is 10.1. The average molecular weight is 388 g/mol. The molecule has 0 saturated carbocycles. The molecule has 0 unspecified atom stereocenters. The number of hydrogen-bond acceptors (Lipinski definition) is 6. The molecule has 2 heterocycles. The van der Waals surface area contributed by atoms with Crippen molar-refractivity contribution in [2.24, 2.45) is 0 Å². The van der Waals surface area contributed by atoms with Crippen LogP contribution in [0.2, 0.25) is 0 Å². The number of carbonyl (C=O) groups excluding carboxylic acids is 1. The van der Waals surface area contributed by atoms with Gasteiger partial charge in [-0.2, -0.15) is 0 Å². The number of nitrogens with one attached hydrogen (secondary N) is 1. The van der Waals surface area contributed by atoms with Gasteiger partial charge in [-0.05, 0) is 51.5 Å². The maximum absolute atomic E-state index is 12.6. The van der Waals surface area contributed by atoms with Gasteiger partial charge in [-0.25, -0.2) is 9.97 Å². The Labute approximate surface area is 161 Å². The van der Waals surface area contributed by atoms with Crippen LogP contribution in [0.25, 0.3) is 10.6 Å². The molecule has 0 bridgehead atoms. The SMILES string of the molecule is CCOc1ccc(-c2nc(C)c(C(=O)Nc3nc(CC)c(C)s3)s2)cc1. The smallest absolute Gasteiger partial charge is 0.269 e. The summed E-state index contributed by atoms with van der Waals surface area (Å²) in [7, 11) is 0. The number of anilines is 1. The summed E-state index contributed by atoms with van der Waals surface area (Å²) in [6, 6.07) is 7.76. The summed E-state index contributed by atoms with van der Waals surface area (Å²) in [6.07, 6.45) is 0.861. The molecule has 0 aliphatic rings. The Bertz CT molecular complexity index is 914. The van der Waals surface area contributed by atoms with Crippen molar-refractivity contribution in [2.75, 3.05) is 11.9 Å². The van der Waals surface area contributed by atoms with Gasteiger partial charge in [0.2, 0.25) is 0 Å². The first kappa shape index (κ1) is 18.5. The van der Waals surface area contributed by atoms with E-state index in [1.165, 1.54) is 22.7 Å². The van der Waals surface area contributed by atoms with Gasteiger partial charge >= 0.3 is 0 Å². The molecule has 136 valence electrons. The van der Waals surface area contributed by atoms with Crippen molar-refractivity contribution >= 4 is 33.7 Å². The molecule has 3 rings (SSSR count). The summed E-state index contributed by atoms with van der Waals surface area (Å²) in [5, 5.41) is 4.36. The number of ether oxygens (including phenoxy) is 1. The van der Waals surface area contributed by atoms with Crippen molar-refractivity contribution in [3.63, 3.8) is 0 Å². The van der Waals surface area contributed by atoms with E-state index in [4.69, 9.17) is 4.74 Å². The van der Waals surface area contributed by atoms with Crippen molar-refractivity contribution in [3.05, 3.63) is 45.4 Å². The van der Waals surface area contributed by atoms with Crippen LogP contribution in [-0.2, 0) is 6.42 Å². The van der Waals surface area contributed by atoms with Gasteiger partial charge in [0, 0.05) is 10.4 Å². The van der Waals surface area contributed by atoms with Crippen LogP contribution in [0.4, 0.5) is 5.13 Å². The quantitative estimate of drug-likeness (QED) is 0.639. The molecule has 5 nitrogen and oxygen atoms in total. The van der Waals surface area contributed by atoms with Gasteiger partial charge in [0.05, 0.1) is 18.0 Å². The van der Waals surface area contributed by atoms with Crippen LogP contribution < -0.4 is 10.1 Å². The predicted molar refractivity (Wildman–Crippen MR) is 108 cm³/mol. The van der Waals surface area contributed by atoms with Gasteiger partial charge in [-0.1, -0.05) is 6.92 Å². The highest BCUT2D eigenvalue weighted by molar-refractivity contribution is 7.18. The van der Waals surface area contributed by atoms with Crippen molar-refractivity contribution in [1.82, 2.24) is 9.97 Å². The second-order valence-corrected chi connectivity index (χ2v) is 7.92. The monoisotopic (exact) mass is 387 g/mol. The van der Waals surface area contributed by atoms with E-state index in [0.29, 0.717) is 16.6 Å². The zero-order valence-electron chi connectivity index (χ0n) is 15.3. The van der Waals surface area contributed by atoms with Gasteiger partial charge in [0.1, 0.15) is 15.6 Å². The van der Waals surface area contributed by atoms with Crippen LogP contribution >= 0.6 is 22.7 Å². The van der Waals surface area contributed by atoms with Gasteiger partial charge in [-0.15, -0.1) is 22.7 Å². The summed E-state index contributed by atoms with van der Waals surface area (Å²) in [5.41, 5.74) is 2.72. The number of hydrogen-bond donors (Lipinski definition) is 1. The fourth-order valence-corrected chi connectivity index (χ4v) is 4.42. The molecular formula is C19H21N3O2S2. The second kappa shape index (κ2) is 7.97. The van der Waals surface area contributed by atoms with E-state index in [9.17, 15) is 4.79 Å². The Balaban J connectivity index is 1.79. The molecule has 0 aliphatic heterocycles. The number of carbonyl (C=O) groups is 1. The summed E-state index contributed by atoms with van der Waals surface area (Å²) in [5.74, 6) is 0.668. The van der Waals surface area contributed by atoms with Crippen LogP contribution in [-0.4, -0.2) is 22.5 Å². The fourth-order valence-electron chi connectivity index (χ4n) is 2.55. The lowest BCUT2D eigenvalue weighted by atomic mass is 10.2. The first-order valence-electron chi connectivity index (χ1n) is 8.50. The molecule has 0 fully saturated rings. The molecule has 1 N–H and O–H groups in total. The largest absolute Gasteiger partial charge is 0.494 e. The summed E-state index contributed by atoms with van der Waals surface area (Å²) < 4.78 is 5.46. The van der Waals surface area contributed by atoms with E-state index in [2.05, 4.69) is 22.2 Å². The number of thiazole rings is 2. The number of benzene rings is 1. The number of rotatable bonds is 6. The van der Waals surface area contributed by atoms with Gasteiger partial charge in [0.25, 0.3) is 5.91 Å². The molecule has 1 amide bonds. The van der Waals surface area contributed by atoms with Crippen LogP contribution in [0, 0.1) is 13.8 Å². The van der Waals surface area contributed by atoms with Gasteiger partial charge in [0.15, 0.2) is 5.13 Å². The molecule has 0 saturated heterocycles.